The van der Waals surface area contributed by atoms with E-state index in [1.807, 2.05) is 12.1 Å². The molecule has 0 atom stereocenters. The van der Waals surface area contributed by atoms with Gasteiger partial charge < -0.3 is 0 Å². The maximum absolute atomic E-state index is 6.18. The number of hydrogen-bond donors (Lipinski definition) is 0. The normalized spacial score (nSPS) is 11.7. The minimum absolute atomic E-state index is 1.19. The molecule has 0 heterocycles. The van der Waals surface area contributed by atoms with Crippen molar-refractivity contribution < 1.29 is 0 Å². The Balaban J connectivity index is 2.06. The molecule has 114 valence electrons. The second kappa shape index (κ2) is 7.08. The minimum Gasteiger partial charge on any atom is -0.0832 e. The third-order valence-electron chi connectivity index (χ3n) is 3.83. The van der Waals surface area contributed by atoms with E-state index in [1.165, 1.54) is 21.7 Å². The molecule has 0 spiro atoms. The summed E-state index contributed by atoms with van der Waals surface area (Å²) in [4.78, 5) is 0. The van der Waals surface area contributed by atoms with Crippen molar-refractivity contribution in [3.63, 3.8) is 0 Å². The van der Waals surface area contributed by atoms with Crippen LogP contribution in [-0.4, -0.2) is 0 Å². The third-order valence-corrected chi connectivity index (χ3v) is 8.16. The Kier molecular flexibility index (Phi) is 4.91. The molecule has 0 aliphatic heterocycles. The van der Waals surface area contributed by atoms with Gasteiger partial charge in [-0.15, -0.1) is 0 Å². The molecule has 0 aliphatic rings. The summed E-state index contributed by atoms with van der Waals surface area (Å²) in [5, 5.41) is 2.45. The Labute approximate surface area is 143 Å². The van der Waals surface area contributed by atoms with Crippen molar-refractivity contribution in [3.05, 3.63) is 102 Å². The Morgan fingerprint density at radius 2 is 1.17 bits per heavy atom. The predicted molar refractivity (Wildman–Crippen MR) is 107 cm³/mol. The van der Waals surface area contributed by atoms with E-state index in [0.29, 0.717) is 0 Å². The smallest absolute Gasteiger partial charge is 0.0310 e. The van der Waals surface area contributed by atoms with E-state index in [4.69, 9.17) is 11.8 Å². The van der Waals surface area contributed by atoms with Gasteiger partial charge >= 0.3 is 0 Å². The van der Waals surface area contributed by atoms with Gasteiger partial charge in [0.05, 0.1) is 0 Å². The summed E-state index contributed by atoms with van der Waals surface area (Å²) in [7, 11) is 0. The summed E-state index contributed by atoms with van der Waals surface area (Å²) in [6.45, 7) is 2.10. The Morgan fingerprint density at radius 3 is 1.65 bits per heavy atom. The van der Waals surface area contributed by atoms with Crippen LogP contribution in [0.2, 0.25) is 0 Å². The molecule has 0 N–H and O–H groups in total. The molecule has 0 unspecified atom stereocenters. The molecule has 0 saturated heterocycles. The Morgan fingerprint density at radius 1 is 0.696 bits per heavy atom. The fourth-order valence-corrected chi connectivity index (χ4v) is 5.66. The van der Waals surface area contributed by atoms with E-state index < -0.39 is 6.04 Å². The van der Waals surface area contributed by atoms with Crippen LogP contribution in [0.1, 0.15) is 11.1 Å². The van der Waals surface area contributed by atoms with Crippen LogP contribution >= 0.6 is 6.04 Å². The van der Waals surface area contributed by atoms with Crippen molar-refractivity contribution in [2.75, 3.05) is 0 Å². The summed E-state index contributed by atoms with van der Waals surface area (Å²) in [6.07, 6.45) is 2.17. The molecule has 0 aromatic heterocycles. The number of benzene rings is 3. The largest absolute Gasteiger partial charge is 0.0832 e. The van der Waals surface area contributed by atoms with Gasteiger partial charge in [-0.3, -0.25) is 0 Å². The first-order valence-electron chi connectivity index (χ1n) is 7.65. The van der Waals surface area contributed by atoms with Gasteiger partial charge in [0.2, 0.25) is 0 Å². The average Bonchev–Trinajstić information content (AvgIpc) is 2.62. The van der Waals surface area contributed by atoms with Crippen molar-refractivity contribution in [1.29, 1.82) is 0 Å². The quantitative estimate of drug-likeness (QED) is 0.599. The molecular weight excluding hydrogens is 315 g/mol. The van der Waals surface area contributed by atoms with Gasteiger partial charge in [-0.2, -0.15) is 0 Å². The van der Waals surface area contributed by atoms with E-state index in [1.54, 1.807) is 0 Å². The van der Waals surface area contributed by atoms with Crippen molar-refractivity contribution in [2.45, 2.75) is 6.92 Å². The van der Waals surface area contributed by atoms with Crippen LogP contribution in [0.4, 0.5) is 0 Å². The first-order valence-corrected chi connectivity index (χ1v) is 10.5. The highest BCUT2D eigenvalue weighted by molar-refractivity contribution is 8.23. The highest BCUT2D eigenvalue weighted by atomic mass is 32.4. The first kappa shape index (κ1) is 15.9. The highest BCUT2D eigenvalue weighted by Crippen LogP contribution is 2.45. The van der Waals surface area contributed by atoms with Crippen LogP contribution in [0, 0.1) is 6.92 Å². The number of aryl methyl sites for hydroxylation is 1. The van der Waals surface area contributed by atoms with E-state index in [0.717, 1.165) is 0 Å². The third kappa shape index (κ3) is 3.69. The molecule has 23 heavy (non-hydrogen) atoms. The second-order valence-corrected chi connectivity index (χ2v) is 9.93. The van der Waals surface area contributed by atoms with Crippen LogP contribution in [0.15, 0.2) is 90.7 Å². The fourth-order valence-electron chi connectivity index (χ4n) is 2.49. The Hall–Kier alpha value is -1.95. The molecule has 0 radical (unpaired) electrons. The lowest BCUT2D eigenvalue weighted by Crippen LogP contribution is -2.13. The zero-order valence-electron chi connectivity index (χ0n) is 13.1. The molecule has 3 aromatic carbocycles. The molecule has 0 bridgehead atoms. The molecule has 0 fully saturated rings. The topological polar surface area (TPSA) is 0 Å². The average molecular weight is 334 g/mol. The van der Waals surface area contributed by atoms with E-state index in [9.17, 15) is 0 Å². The molecule has 2 heteroatoms. The molecule has 0 saturated carbocycles. The first-order chi connectivity index (χ1) is 11.2. The van der Waals surface area contributed by atoms with E-state index >= 15 is 0 Å². The minimum atomic E-state index is -1.95. The van der Waals surface area contributed by atoms with E-state index in [2.05, 4.69) is 91.6 Å². The SMILES string of the molecule is Cc1ccc(/C=C\P(=S)(c2ccccc2)c2ccccc2)cc1. The van der Waals surface area contributed by atoms with Gasteiger partial charge in [-0.1, -0.05) is 108 Å². The standard InChI is InChI=1S/C21H19PS/c1-18-12-14-19(15-13-18)16-17-22(23,20-8-4-2-5-9-20)21-10-6-3-7-11-21/h2-17H,1H3/b17-16-. The lowest BCUT2D eigenvalue weighted by atomic mass is 10.2. The van der Waals surface area contributed by atoms with Crippen molar-refractivity contribution >= 4 is 34.5 Å². The molecule has 0 amide bonds. The molecular formula is C21H19PS. The molecule has 0 nitrogen and oxygen atoms in total. The van der Waals surface area contributed by atoms with Gasteiger partial charge in [0, 0.05) is 6.04 Å². The fraction of sp³-hybridized carbons (Fsp3) is 0.0476. The van der Waals surface area contributed by atoms with Crippen LogP contribution in [0.5, 0.6) is 0 Å². The number of hydrogen-bond acceptors (Lipinski definition) is 1. The van der Waals surface area contributed by atoms with Crippen LogP contribution in [0.3, 0.4) is 0 Å². The maximum Gasteiger partial charge on any atom is 0.0310 e. The van der Waals surface area contributed by atoms with Gasteiger partial charge in [-0.05, 0) is 28.9 Å². The van der Waals surface area contributed by atoms with Crippen LogP contribution < -0.4 is 10.6 Å². The zero-order valence-corrected chi connectivity index (χ0v) is 14.8. The van der Waals surface area contributed by atoms with Gasteiger partial charge in [0.1, 0.15) is 0 Å². The van der Waals surface area contributed by atoms with Crippen molar-refractivity contribution in [3.8, 4) is 0 Å². The Bertz CT molecular complexity index is 791. The summed E-state index contributed by atoms with van der Waals surface area (Å²) in [6, 6.07) is 27.5. The van der Waals surface area contributed by atoms with Crippen molar-refractivity contribution in [2.24, 2.45) is 0 Å². The lowest BCUT2D eigenvalue weighted by molar-refractivity contribution is 1.46. The molecule has 3 aromatic rings. The predicted octanol–water partition coefficient (Wildman–Crippen LogP) is 5.10. The van der Waals surface area contributed by atoms with Crippen LogP contribution in [-0.2, 0) is 11.8 Å². The molecule has 3 rings (SSSR count). The number of rotatable bonds is 4. The zero-order chi connectivity index (χ0) is 16.1. The van der Waals surface area contributed by atoms with E-state index in [-0.39, 0.29) is 0 Å². The highest BCUT2D eigenvalue weighted by Gasteiger charge is 2.18. The second-order valence-electron chi connectivity index (χ2n) is 5.56. The van der Waals surface area contributed by atoms with Crippen molar-refractivity contribution in [1.82, 2.24) is 0 Å². The van der Waals surface area contributed by atoms with Gasteiger partial charge in [-0.25, -0.2) is 0 Å². The van der Waals surface area contributed by atoms with Crippen LogP contribution in [0.25, 0.3) is 6.08 Å². The lowest BCUT2D eigenvalue weighted by Gasteiger charge is -2.19. The van der Waals surface area contributed by atoms with Gasteiger partial charge in [0.15, 0.2) is 0 Å². The molecule has 0 aliphatic carbocycles. The van der Waals surface area contributed by atoms with Gasteiger partial charge in [0.25, 0.3) is 0 Å². The summed E-state index contributed by atoms with van der Waals surface area (Å²) < 4.78 is 0. The summed E-state index contributed by atoms with van der Waals surface area (Å²) in [5.41, 5.74) is 2.46. The summed E-state index contributed by atoms with van der Waals surface area (Å²) in [5.74, 6) is 2.23. The monoisotopic (exact) mass is 334 g/mol. The summed E-state index contributed by atoms with van der Waals surface area (Å²) >= 11 is 6.18. The maximum atomic E-state index is 6.18.